The highest BCUT2D eigenvalue weighted by Gasteiger charge is 2.11. The number of fused-ring (bicyclic) bond motifs is 1. The first-order valence-electron chi connectivity index (χ1n) is 5.10. The van der Waals surface area contributed by atoms with E-state index >= 15 is 0 Å². The zero-order valence-electron chi connectivity index (χ0n) is 9.21. The molecule has 7 heteroatoms. The zero-order valence-corrected chi connectivity index (χ0v) is 9.21. The van der Waals surface area contributed by atoms with Gasteiger partial charge in [0.2, 0.25) is 0 Å². The van der Waals surface area contributed by atoms with Gasteiger partial charge in [-0.3, -0.25) is 10.1 Å². The summed E-state index contributed by atoms with van der Waals surface area (Å²) in [5.41, 5.74) is 6.52. The van der Waals surface area contributed by atoms with Crippen LogP contribution < -0.4 is 11.1 Å². The van der Waals surface area contributed by atoms with E-state index in [9.17, 15) is 10.1 Å². The molecule has 0 aliphatic carbocycles. The molecule has 0 saturated heterocycles. The van der Waals surface area contributed by atoms with E-state index in [-0.39, 0.29) is 11.7 Å². The Morgan fingerprint density at radius 1 is 1.65 bits per heavy atom. The third-order valence-corrected chi connectivity index (χ3v) is 2.16. The Labute approximate surface area is 96.8 Å². The minimum atomic E-state index is -0.469. The van der Waals surface area contributed by atoms with Gasteiger partial charge in [0.1, 0.15) is 5.52 Å². The molecule has 90 valence electrons. The summed E-state index contributed by atoms with van der Waals surface area (Å²) < 4.78 is 5.35. The van der Waals surface area contributed by atoms with Crippen LogP contribution in [0.5, 0.6) is 0 Å². The van der Waals surface area contributed by atoms with Gasteiger partial charge < -0.3 is 15.5 Å². The zero-order chi connectivity index (χ0) is 12.4. The van der Waals surface area contributed by atoms with E-state index in [0.29, 0.717) is 23.7 Å². The molecule has 1 heterocycles. The minimum absolute atomic E-state index is 0.00968. The number of nitrogens with one attached hydrogen (secondary N) is 1. The molecule has 1 aromatic heterocycles. The predicted octanol–water partition coefficient (Wildman–Crippen LogP) is 1.50. The first-order chi connectivity index (χ1) is 8.06. The van der Waals surface area contributed by atoms with Crippen molar-refractivity contribution in [1.29, 1.82) is 0 Å². The van der Waals surface area contributed by atoms with Crippen molar-refractivity contribution in [2.75, 3.05) is 11.9 Å². The van der Waals surface area contributed by atoms with Gasteiger partial charge in [-0.25, -0.2) is 0 Å². The lowest BCUT2D eigenvalue weighted by molar-refractivity contribution is -0.384. The molecule has 1 unspecified atom stereocenters. The number of rotatable bonds is 4. The highest BCUT2D eigenvalue weighted by atomic mass is 16.6. The van der Waals surface area contributed by atoms with Crippen LogP contribution in [0.1, 0.15) is 6.92 Å². The van der Waals surface area contributed by atoms with E-state index in [1.807, 2.05) is 6.92 Å². The van der Waals surface area contributed by atoms with Crippen LogP contribution in [0.3, 0.4) is 0 Å². The maximum Gasteiger partial charge on any atom is 0.295 e. The lowest BCUT2D eigenvalue weighted by Gasteiger charge is -2.03. The third-order valence-electron chi connectivity index (χ3n) is 2.16. The number of non-ortho nitro benzene ring substituents is 1. The first-order valence-corrected chi connectivity index (χ1v) is 5.10. The number of nitrogens with zero attached hydrogens (tertiary/aromatic N) is 2. The molecule has 0 bridgehead atoms. The second-order valence-electron chi connectivity index (χ2n) is 3.79. The van der Waals surface area contributed by atoms with Crippen molar-refractivity contribution >= 4 is 22.8 Å². The molecule has 0 aliphatic rings. The smallest absolute Gasteiger partial charge is 0.295 e. The predicted molar refractivity (Wildman–Crippen MR) is 62.8 cm³/mol. The van der Waals surface area contributed by atoms with Crippen LogP contribution in [0.25, 0.3) is 11.1 Å². The van der Waals surface area contributed by atoms with Gasteiger partial charge in [0.25, 0.3) is 11.7 Å². The average Bonchev–Trinajstić information content (AvgIpc) is 2.67. The van der Waals surface area contributed by atoms with Crippen molar-refractivity contribution in [3.63, 3.8) is 0 Å². The summed E-state index contributed by atoms with van der Waals surface area (Å²) in [5.74, 6) is 0. The fourth-order valence-electron chi connectivity index (χ4n) is 1.35. The molecule has 2 rings (SSSR count). The normalized spacial score (nSPS) is 12.6. The van der Waals surface area contributed by atoms with E-state index in [2.05, 4.69) is 10.3 Å². The van der Waals surface area contributed by atoms with Crippen molar-refractivity contribution in [2.24, 2.45) is 5.73 Å². The van der Waals surface area contributed by atoms with Gasteiger partial charge in [0.15, 0.2) is 5.58 Å². The highest BCUT2D eigenvalue weighted by Crippen LogP contribution is 2.23. The molecule has 17 heavy (non-hydrogen) atoms. The second-order valence-corrected chi connectivity index (χ2v) is 3.79. The number of nitro groups is 1. The molecule has 7 nitrogen and oxygen atoms in total. The average molecular weight is 236 g/mol. The Balaban J connectivity index is 2.27. The molecule has 3 N–H and O–H groups in total. The Bertz CT molecular complexity index is 549. The van der Waals surface area contributed by atoms with E-state index in [1.165, 1.54) is 18.2 Å². The van der Waals surface area contributed by atoms with Gasteiger partial charge in [0, 0.05) is 24.7 Å². The molecule has 0 spiro atoms. The number of hydrogen-bond donors (Lipinski definition) is 2. The van der Waals surface area contributed by atoms with E-state index in [0.717, 1.165) is 0 Å². The van der Waals surface area contributed by atoms with Gasteiger partial charge in [0.05, 0.1) is 4.92 Å². The monoisotopic (exact) mass is 236 g/mol. The summed E-state index contributed by atoms with van der Waals surface area (Å²) in [6, 6.07) is 4.56. The van der Waals surface area contributed by atoms with Crippen LogP contribution in [0, 0.1) is 10.1 Å². The molecule has 0 saturated carbocycles. The Morgan fingerprint density at radius 2 is 2.41 bits per heavy atom. The summed E-state index contributed by atoms with van der Waals surface area (Å²) >= 11 is 0. The number of aromatic nitrogens is 1. The molecular formula is C10H12N4O3. The number of nitrogens with two attached hydrogens (primary N) is 1. The van der Waals surface area contributed by atoms with Crippen LogP contribution in [0.4, 0.5) is 11.7 Å². The van der Waals surface area contributed by atoms with Gasteiger partial charge in [-0.15, -0.1) is 0 Å². The molecule has 2 aromatic rings. The first kappa shape index (κ1) is 11.3. The van der Waals surface area contributed by atoms with Gasteiger partial charge >= 0.3 is 0 Å². The number of anilines is 1. The van der Waals surface area contributed by atoms with Gasteiger partial charge in [-0.2, -0.15) is 4.98 Å². The Hall–Kier alpha value is -2.15. The molecule has 0 fully saturated rings. The Kier molecular flexibility index (Phi) is 2.92. The van der Waals surface area contributed by atoms with E-state index in [4.69, 9.17) is 10.2 Å². The number of oxazole rings is 1. The van der Waals surface area contributed by atoms with E-state index < -0.39 is 4.92 Å². The van der Waals surface area contributed by atoms with Crippen molar-refractivity contribution in [3.05, 3.63) is 28.3 Å². The van der Waals surface area contributed by atoms with Crippen LogP contribution in [-0.4, -0.2) is 22.5 Å². The number of hydrogen-bond acceptors (Lipinski definition) is 6. The van der Waals surface area contributed by atoms with Gasteiger partial charge in [-0.05, 0) is 13.0 Å². The molecular weight excluding hydrogens is 224 g/mol. The lowest BCUT2D eigenvalue weighted by Crippen LogP contribution is -2.25. The molecule has 0 amide bonds. The van der Waals surface area contributed by atoms with Crippen LogP contribution in [-0.2, 0) is 0 Å². The highest BCUT2D eigenvalue weighted by molar-refractivity contribution is 5.77. The topological polar surface area (TPSA) is 107 Å². The molecule has 1 aromatic carbocycles. The Morgan fingerprint density at radius 3 is 3.06 bits per heavy atom. The minimum Gasteiger partial charge on any atom is -0.424 e. The number of benzene rings is 1. The van der Waals surface area contributed by atoms with Crippen LogP contribution in [0.2, 0.25) is 0 Å². The summed E-state index contributed by atoms with van der Waals surface area (Å²) in [4.78, 5) is 14.2. The van der Waals surface area contributed by atoms with Crippen LogP contribution in [0.15, 0.2) is 22.6 Å². The third kappa shape index (κ3) is 2.51. The second kappa shape index (κ2) is 4.38. The maximum atomic E-state index is 10.6. The van der Waals surface area contributed by atoms with Crippen molar-refractivity contribution in [3.8, 4) is 0 Å². The van der Waals surface area contributed by atoms with Crippen molar-refractivity contribution in [2.45, 2.75) is 13.0 Å². The van der Waals surface area contributed by atoms with Crippen molar-refractivity contribution in [1.82, 2.24) is 4.98 Å². The van der Waals surface area contributed by atoms with Crippen LogP contribution >= 0.6 is 0 Å². The van der Waals surface area contributed by atoms with Gasteiger partial charge in [-0.1, -0.05) is 0 Å². The SMILES string of the molecule is CC(N)CNc1nc2cc([N+](=O)[O-])ccc2o1. The quantitative estimate of drug-likeness (QED) is 0.615. The molecule has 0 aliphatic heterocycles. The molecule has 0 radical (unpaired) electrons. The molecule has 1 atom stereocenters. The fourth-order valence-corrected chi connectivity index (χ4v) is 1.35. The number of nitro benzene ring substituents is 1. The summed E-state index contributed by atoms with van der Waals surface area (Å²) in [5, 5.41) is 13.5. The maximum absolute atomic E-state index is 10.6. The van der Waals surface area contributed by atoms with Crippen molar-refractivity contribution < 1.29 is 9.34 Å². The summed E-state index contributed by atoms with van der Waals surface area (Å²) in [6.07, 6.45) is 0. The summed E-state index contributed by atoms with van der Waals surface area (Å²) in [7, 11) is 0. The lowest BCUT2D eigenvalue weighted by atomic mass is 10.3. The standard InChI is InChI=1S/C10H12N4O3/c1-6(11)5-12-10-13-8-4-7(14(15)16)2-3-9(8)17-10/h2-4,6H,5,11H2,1H3,(H,12,13). The summed E-state index contributed by atoms with van der Waals surface area (Å²) in [6.45, 7) is 2.37. The van der Waals surface area contributed by atoms with E-state index in [1.54, 1.807) is 0 Å². The largest absolute Gasteiger partial charge is 0.424 e. The fraction of sp³-hybridized carbons (Fsp3) is 0.300.